The van der Waals surface area contributed by atoms with Crippen LogP contribution < -0.4 is 11.1 Å². The summed E-state index contributed by atoms with van der Waals surface area (Å²) in [5.41, 5.74) is 7.56. The zero-order valence-electron chi connectivity index (χ0n) is 8.46. The average molecular weight is 179 g/mol. The molecule has 0 aromatic carbocycles. The van der Waals surface area contributed by atoms with Gasteiger partial charge in [0.2, 0.25) is 0 Å². The quantitative estimate of drug-likeness (QED) is 0.746. The summed E-state index contributed by atoms with van der Waals surface area (Å²) >= 11 is 0. The average Bonchev–Trinajstić information content (AvgIpc) is 2.07. The lowest BCUT2D eigenvalue weighted by atomic mass is 10.2. The normalized spacial score (nSPS) is 10.5. The highest BCUT2D eigenvalue weighted by atomic mass is 15.0. The first-order valence-electron chi connectivity index (χ1n) is 4.55. The number of nitrogens with zero attached hydrogens (tertiary/aromatic N) is 1. The lowest BCUT2D eigenvalue weighted by molar-refractivity contribution is 0.687. The van der Waals surface area contributed by atoms with E-state index < -0.39 is 0 Å². The number of hydrogen-bond donors (Lipinski definition) is 2. The first-order valence-corrected chi connectivity index (χ1v) is 4.55. The zero-order chi connectivity index (χ0) is 9.84. The highest BCUT2D eigenvalue weighted by Crippen LogP contribution is 2.13. The number of anilines is 2. The SMILES string of the molecule is Cc1cnc(NCC(C)C)cc1N. The van der Waals surface area contributed by atoms with Gasteiger partial charge in [-0.25, -0.2) is 4.98 Å². The van der Waals surface area contributed by atoms with Gasteiger partial charge in [-0.05, 0) is 18.4 Å². The van der Waals surface area contributed by atoms with Crippen molar-refractivity contribution in [2.75, 3.05) is 17.6 Å². The van der Waals surface area contributed by atoms with E-state index in [-0.39, 0.29) is 0 Å². The van der Waals surface area contributed by atoms with Gasteiger partial charge in [0, 0.05) is 24.5 Å². The first-order chi connectivity index (χ1) is 6.09. The van der Waals surface area contributed by atoms with Crippen molar-refractivity contribution in [3.63, 3.8) is 0 Å². The smallest absolute Gasteiger partial charge is 0.127 e. The predicted molar refractivity (Wildman–Crippen MR) is 56.7 cm³/mol. The Bertz CT molecular complexity index is 281. The van der Waals surface area contributed by atoms with E-state index in [1.54, 1.807) is 6.20 Å². The summed E-state index contributed by atoms with van der Waals surface area (Å²) in [6.07, 6.45) is 1.79. The van der Waals surface area contributed by atoms with Gasteiger partial charge in [-0.2, -0.15) is 0 Å². The summed E-state index contributed by atoms with van der Waals surface area (Å²) in [7, 11) is 0. The van der Waals surface area contributed by atoms with Crippen LogP contribution in [0.15, 0.2) is 12.3 Å². The number of aromatic nitrogens is 1. The minimum atomic E-state index is 0.615. The van der Waals surface area contributed by atoms with Crippen LogP contribution in [0.4, 0.5) is 11.5 Å². The molecule has 1 aromatic rings. The van der Waals surface area contributed by atoms with E-state index in [0.29, 0.717) is 5.92 Å². The topological polar surface area (TPSA) is 50.9 Å². The molecule has 1 aromatic heterocycles. The number of pyridine rings is 1. The molecule has 13 heavy (non-hydrogen) atoms. The molecule has 0 saturated carbocycles. The summed E-state index contributed by atoms with van der Waals surface area (Å²) in [5.74, 6) is 1.47. The molecule has 0 fully saturated rings. The number of rotatable bonds is 3. The third-order valence-electron chi connectivity index (χ3n) is 1.84. The number of nitrogens with one attached hydrogen (secondary N) is 1. The van der Waals surface area contributed by atoms with E-state index in [2.05, 4.69) is 24.1 Å². The van der Waals surface area contributed by atoms with Crippen LogP contribution in [0.25, 0.3) is 0 Å². The molecule has 0 amide bonds. The molecule has 0 bridgehead atoms. The minimum Gasteiger partial charge on any atom is -0.398 e. The van der Waals surface area contributed by atoms with Crippen molar-refractivity contribution in [3.8, 4) is 0 Å². The molecule has 72 valence electrons. The lowest BCUT2D eigenvalue weighted by Crippen LogP contribution is -2.09. The molecule has 1 rings (SSSR count). The number of hydrogen-bond acceptors (Lipinski definition) is 3. The molecule has 3 nitrogen and oxygen atoms in total. The van der Waals surface area contributed by atoms with Gasteiger partial charge in [-0.15, -0.1) is 0 Å². The van der Waals surface area contributed by atoms with E-state index in [9.17, 15) is 0 Å². The van der Waals surface area contributed by atoms with Gasteiger partial charge < -0.3 is 11.1 Å². The van der Waals surface area contributed by atoms with Crippen molar-refractivity contribution in [2.24, 2.45) is 5.92 Å². The fourth-order valence-electron chi connectivity index (χ4n) is 0.945. The number of nitrogen functional groups attached to an aromatic ring is 1. The Hall–Kier alpha value is -1.25. The highest BCUT2D eigenvalue weighted by Gasteiger charge is 1.98. The Balaban J connectivity index is 2.63. The largest absolute Gasteiger partial charge is 0.398 e. The molecule has 0 aliphatic heterocycles. The second-order valence-corrected chi connectivity index (χ2v) is 3.70. The van der Waals surface area contributed by atoms with Gasteiger partial charge in [0.15, 0.2) is 0 Å². The van der Waals surface area contributed by atoms with Crippen LogP contribution >= 0.6 is 0 Å². The molecule has 1 heterocycles. The van der Waals surface area contributed by atoms with Crippen molar-refractivity contribution in [1.82, 2.24) is 4.98 Å². The molecule has 0 unspecified atom stereocenters. The summed E-state index contributed by atoms with van der Waals surface area (Å²) in [6, 6.07) is 1.87. The summed E-state index contributed by atoms with van der Waals surface area (Å²) < 4.78 is 0. The maximum atomic E-state index is 5.75. The van der Waals surface area contributed by atoms with Crippen LogP contribution in [0, 0.1) is 12.8 Å². The van der Waals surface area contributed by atoms with Crippen molar-refractivity contribution >= 4 is 11.5 Å². The van der Waals surface area contributed by atoms with Gasteiger partial charge in [-0.3, -0.25) is 0 Å². The minimum absolute atomic E-state index is 0.615. The van der Waals surface area contributed by atoms with Crippen LogP contribution in [0.5, 0.6) is 0 Å². The Morgan fingerprint density at radius 2 is 2.23 bits per heavy atom. The van der Waals surface area contributed by atoms with Crippen molar-refractivity contribution in [2.45, 2.75) is 20.8 Å². The van der Waals surface area contributed by atoms with E-state index in [0.717, 1.165) is 23.6 Å². The van der Waals surface area contributed by atoms with E-state index in [1.165, 1.54) is 0 Å². The highest BCUT2D eigenvalue weighted by molar-refractivity contribution is 5.53. The van der Waals surface area contributed by atoms with Crippen molar-refractivity contribution in [3.05, 3.63) is 17.8 Å². The molecular formula is C10H17N3. The molecule has 3 N–H and O–H groups in total. The van der Waals surface area contributed by atoms with E-state index in [4.69, 9.17) is 5.73 Å². The van der Waals surface area contributed by atoms with Crippen molar-refractivity contribution in [1.29, 1.82) is 0 Å². The standard InChI is InChI=1S/C10H17N3/c1-7(2)5-12-10-4-9(11)8(3)6-13-10/h4,6-7H,5H2,1-3H3,(H3,11,12,13). The van der Waals surface area contributed by atoms with Crippen molar-refractivity contribution < 1.29 is 0 Å². The Kier molecular flexibility index (Phi) is 3.12. The van der Waals surface area contributed by atoms with E-state index >= 15 is 0 Å². The van der Waals surface area contributed by atoms with Crippen LogP contribution in [0.3, 0.4) is 0 Å². The molecule has 0 aliphatic carbocycles. The first kappa shape index (κ1) is 9.84. The van der Waals surface area contributed by atoms with Crippen LogP contribution in [0.2, 0.25) is 0 Å². The van der Waals surface area contributed by atoms with Crippen LogP contribution in [-0.2, 0) is 0 Å². The van der Waals surface area contributed by atoms with Crippen LogP contribution in [0.1, 0.15) is 19.4 Å². The van der Waals surface area contributed by atoms with Gasteiger partial charge in [0.25, 0.3) is 0 Å². The van der Waals surface area contributed by atoms with Gasteiger partial charge >= 0.3 is 0 Å². The molecule has 0 radical (unpaired) electrons. The fourth-order valence-corrected chi connectivity index (χ4v) is 0.945. The Labute approximate surface area is 79.4 Å². The number of nitrogens with two attached hydrogens (primary N) is 1. The van der Waals surface area contributed by atoms with Gasteiger partial charge in [0.05, 0.1) is 0 Å². The third-order valence-corrected chi connectivity index (χ3v) is 1.84. The predicted octanol–water partition coefficient (Wildman–Crippen LogP) is 2.04. The van der Waals surface area contributed by atoms with E-state index in [1.807, 2.05) is 13.0 Å². The maximum Gasteiger partial charge on any atom is 0.127 e. The summed E-state index contributed by atoms with van der Waals surface area (Å²) in [5, 5.41) is 3.22. The number of aryl methyl sites for hydroxylation is 1. The monoisotopic (exact) mass is 179 g/mol. The second-order valence-electron chi connectivity index (χ2n) is 3.70. The molecule has 0 saturated heterocycles. The maximum absolute atomic E-state index is 5.75. The molecule has 3 heteroatoms. The molecule has 0 atom stereocenters. The van der Waals surface area contributed by atoms with Gasteiger partial charge in [0.1, 0.15) is 5.82 Å². The molecule has 0 spiro atoms. The zero-order valence-corrected chi connectivity index (χ0v) is 8.46. The lowest BCUT2D eigenvalue weighted by Gasteiger charge is -2.09. The van der Waals surface area contributed by atoms with Gasteiger partial charge in [-0.1, -0.05) is 13.8 Å². The fraction of sp³-hybridized carbons (Fsp3) is 0.500. The summed E-state index contributed by atoms with van der Waals surface area (Å²) in [6.45, 7) is 7.19. The third kappa shape index (κ3) is 2.93. The van der Waals surface area contributed by atoms with Crippen LogP contribution in [-0.4, -0.2) is 11.5 Å². The Morgan fingerprint density at radius 3 is 2.77 bits per heavy atom. The summed E-state index contributed by atoms with van der Waals surface area (Å²) in [4.78, 5) is 4.22. The Morgan fingerprint density at radius 1 is 1.54 bits per heavy atom. The second kappa shape index (κ2) is 4.12. The molecule has 0 aliphatic rings. The molecular weight excluding hydrogens is 162 g/mol.